The smallest absolute Gasteiger partial charge is 0.352 e. The van der Waals surface area contributed by atoms with E-state index in [1.165, 1.54) is 19.2 Å². The fraction of sp³-hybridized carbons (Fsp3) is 0.292. The van der Waals surface area contributed by atoms with E-state index in [9.17, 15) is 49.5 Å². The third-order valence-electron chi connectivity index (χ3n) is 6.19. The number of nitrogens with zero attached hydrogens (tertiary/aromatic N) is 3. The van der Waals surface area contributed by atoms with Gasteiger partial charge >= 0.3 is 11.9 Å². The molecule has 1 aromatic carbocycles. The number of thiazole rings is 1. The molecule has 0 bridgehead atoms. The lowest BCUT2D eigenvalue weighted by molar-refractivity contribution is -0.161. The first-order chi connectivity index (χ1) is 20.1. The van der Waals surface area contributed by atoms with Gasteiger partial charge in [-0.3, -0.25) is 19.3 Å². The lowest BCUT2D eigenvalue weighted by Gasteiger charge is -2.49. The SMILES string of the molecule is CC(C)(O/N=C(\C(=O)N[C@@H]1C(=O)N2C(C(=O)O)=C(CNC(=O)c3cc(O)c(O)c(O)c3)CS[C@H]12)c1csc(N)n1)C(=O)O. The minimum atomic E-state index is -1.81. The van der Waals surface area contributed by atoms with Gasteiger partial charge in [0.05, 0.1) is 0 Å². The van der Waals surface area contributed by atoms with Gasteiger partial charge in [-0.15, -0.1) is 23.1 Å². The van der Waals surface area contributed by atoms with Crippen LogP contribution in [0.15, 0.2) is 33.9 Å². The second-order valence-electron chi connectivity index (χ2n) is 9.58. The van der Waals surface area contributed by atoms with E-state index >= 15 is 0 Å². The van der Waals surface area contributed by atoms with Gasteiger partial charge in [0.25, 0.3) is 17.7 Å². The number of amides is 3. The Kier molecular flexibility index (Phi) is 8.40. The highest BCUT2D eigenvalue weighted by Crippen LogP contribution is 2.40. The van der Waals surface area contributed by atoms with Crippen molar-refractivity contribution in [1.29, 1.82) is 0 Å². The Morgan fingerprint density at radius 3 is 2.40 bits per heavy atom. The van der Waals surface area contributed by atoms with Gasteiger partial charge in [-0.1, -0.05) is 5.16 Å². The summed E-state index contributed by atoms with van der Waals surface area (Å²) in [6.07, 6.45) is 0. The van der Waals surface area contributed by atoms with Gasteiger partial charge < -0.3 is 46.7 Å². The van der Waals surface area contributed by atoms with Crippen molar-refractivity contribution < 1.29 is 54.3 Å². The van der Waals surface area contributed by atoms with E-state index < -0.39 is 75.3 Å². The first kappa shape index (κ1) is 30.9. The number of aromatic hydroxyl groups is 3. The molecule has 2 aliphatic rings. The highest BCUT2D eigenvalue weighted by Gasteiger charge is 2.54. The number of rotatable bonds is 10. The Labute approximate surface area is 249 Å². The number of phenols is 3. The van der Waals surface area contributed by atoms with Crippen molar-refractivity contribution in [3.8, 4) is 17.2 Å². The highest BCUT2D eigenvalue weighted by molar-refractivity contribution is 8.00. The summed E-state index contributed by atoms with van der Waals surface area (Å²) in [5.41, 5.74) is 2.88. The standard InChI is InChI=1S/C24H24N6O11S2/c1-24(2,22(39)40)41-29-13(10-7-43-23(25)27-10)18(35)28-14-19(36)30-15(21(37)38)9(6-42-20(14)30)5-26-17(34)8-3-11(31)16(33)12(32)4-8/h3-4,7,14,20,31-33H,5-6H2,1-2H3,(H2,25,27)(H,26,34)(H,28,35)(H,37,38)(H,39,40)/b29-13-/t14-,20-/m1/s1. The molecule has 0 aliphatic carbocycles. The number of carbonyl (C=O) groups is 5. The third-order valence-corrected chi connectivity index (χ3v) is 8.20. The van der Waals surface area contributed by atoms with Crippen molar-refractivity contribution in [2.24, 2.45) is 5.16 Å². The number of benzene rings is 1. The number of hydrogen-bond donors (Lipinski definition) is 8. The van der Waals surface area contributed by atoms with Crippen molar-refractivity contribution in [3.63, 3.8) is 0 Å². The predicted molar refractivity (Wildman–Crippen MR) is 149 cm³/mol. The van der Waals surface area contributed by atoms with Gasteiger partial charge in [0, 0.05) is 23.2 Å². The Balaban J connectivity index is 1.50. The number of hydrogen-bond acceptors (Lipinski definition) is 14. The van der Waals surface area contributed by atoms with Crippen LogP contribution in [0.3, 0.4) is 0 Å². The fourth-order valence-electron chi connectivity index (χ4n) is 3.85. The van der Waals surface area contributed by atoms with Crippen LogP contribution in [-0.4, -0.2) is 100 Å². The van der Waals surface area contributed by atoms with Crippen LogP contribution in [0.5, 0.6) is 17.2 Å². The Bertz CT molecular complexity index is 1580. The molecule has 0 unspecified atom stereocenters. The lowest BCUT2D eigenvalue weighted by Crippen LogP contribution is -2.71. The second kappa shape index (κ2) is 11.7. The monoisotopic (exact) mass is 636 g/mol. The van der Waals surface area contributed by atoms with Crippen LogP contribution >= 0.6 is 23.1 Å². The minimum Gasteiger partial charge on any atom is -0.504 e. The molecule has 43 heavy (non-hydrogen) atoms. The molecule has 2 aromatic rings. The van der Waals surface area contributed by atoms with Crippen molar-refractivity contribution in [2.75, 3.05) is 18.0 Å². The summed E-state index contributed by atoms with van der Waals surface area (Å²) in [5, 5.41) is 57.1. The number of phenolic OH excluding ortho intramolecular Hbond substituents is 3. The Morgan fingerprint density at radius 2 is 1.84 bits per heavy atom. The number of oxime groups is 1. The number of aliphatic carboxylic acids is 2. The van der Waals surface area contributed by atoms with E-state index in [0.29, 0.717) is 0 Å². The summed E-state index contributed by atoms with van der Waals surface area (Å²) in [4.78, 5) is 72.3. The summed E-state index contributed by atoms with van der Waals surface area (Å²) in [6, 6.07) is 0.611. The molecule has 17 nitrogen and oxygen atoms in total. The predicted octanol–water partition coefficient (Wildman–Crippen LogP) is -0.405. The summed E-state index contributed by atoms with van der Waals surface area (Å²) < 4.78 is 0. The molecule has 2 atom stereocenters. The zero-order valence-electron chi connectivity index (χ0n) is 22.2. The molecule has 1 saturated heterocycles. The Hall–Kier alpha value is -5.04. The number of thioether (sulfide) groups is 1. The summed E-state index contributed by atoms with van der Waals surface area (Å²) >= 11 is 2.08. The first-order valence-corrected chi connectivity index (χ1v) is 14.0. The molecule has 2 aliphatic heterocycles. The molecule has 3 amide bonds. The van der Waals surface area contributed by atoms with E-state index in [1.807, 2.05) is 0 Å². The van der Waals surface area contributed by atoms with Gasteiger partial charge in [0.2, 0.25) is 5.60 Å². The number of β-lactam (4-membered cyclic amide) rings is 1. The van der Waals surface area contributed by atoms with Crippen LogP contribution in [-0.2, 0) is 24.0 Å². The van der Waals surface area contributed by atoms with Crippen molar-refractivity contribution >= 4 is 63.6 Å². The normalized spacial score (nSPS) is 18.4. The number of nitrogens with one attached hydrogen (secondary N) is 2. The maximum absolute atomic E-state index is 13.2. The van der Waals surface area contributed by atoms with Crippen LogP contribution < -0.4 is 16.4 Å². The number of fused-ring (bicyclic) bond motifs is 1. The topological polar surface area (TPSA) is 274 Å². The maximum Gasteiger partial charge on any atom is 0.352 e. The van der Waals surface area contributed by atoms with Gasteiger partial charge in [-0.05, 0) is 31.6 Å². The van der Waals surface area contributed by atoms with Gasteiger partial charge in [-0.25, -0.2) is 14.6 Å². The largest absolute Gasteiger partial charge is 0.504 e. The molecule has 3 heterocycles. The van der Waals surface area contributed by atoms with Crippen molar-refractivity contribution in [3.05, 3.63) is 40.0 Å². The summed E-state index contributed by atoms with van der Waals surface area (Å²) in [6.45, 7) is 2.09. The average molecular weight is 637 g/mol. The fourth-order valence-corrected chi connectivity index (χ4v) is 5.75. The van der Waals surface area contributed by atoms with Gasteiger partial charge in [0.1, 0.15) is 22.8 Å². The van der Waals surface area contributed by atoms with E-state index in [-0.39, 0.29) is 34.3 Å². The maximum atomic E-state index is 13.2. The minimum absolute atomic E-state index is 0.0360. The number of anilines is 1. The zero-order chi connectivity index (χ0) is 31.8. The Morgan fingerprint density at radius 1 is 1.19 bits per heavy atom. The van der Waals surface area contributed by atoms with Crippen LogP contribution in [0.4, 0.5) is 5.13 Å². The molecule has 19 heteroatoms. The molecule has 0 radical (unpaired) electrons. The van der Waals surface area contributed by atoms with E-state index in [1.54, 1.807) is 0 Å². The number of carbonyl (C=O) groups excluding carboxylic acids is 3. The quantitative estimate of drug-likeness (QED) is 0.0713. The molecule has 228 valence electrons. The zero-order valence-corrected chi connectivity index (χ0v) is 23.9. The summed E-state index contributed by atoms with van der Waals surface area (Å²) in [7, 11) is 0. The van der Waals surface area contributed by atoms with Gasteiger partial charge in [0.15, 0.2) is 28.1 Å². The van der Waals surface area contributed by atoms with E-state index in [2.05, 4.69) is 20.8 Å². The van der Waals surface area contributed by atoms with Gasteiger partial charge in [-0.2, -0.15) is 0 Å². The number of aromatic nitrogens is 1. The first-order valence-electron chi connectivity index (χ1n) is 12.1. The van der Waals surface area contributed by atoms with Crippen molar-refractivity contribution in [2.45, 2.75) is 30.9 Å². The summed E-state index contributed by atoms with van der Waals surface area (Å²) in [5.74, 6) is -7.62. The lowest BCUT2D eigenvalue weighted by atomic mass is 10.0. The van der Waals surface area contributed by atoms with E-state index in [0.717, 1.165) is 40.1 Å². The molecular weight excluding hydrogens is 612 g/mol. The van der Waals surface area contributed by atoms with Crippen molar-refractivity contribution in [1.82, 2.24) is 20.5 Å². The van der Waals surface area contributed by atoms with Crippen LogP contribution in [0, 0.1) is 0 Å². The molecular formula is C24H24N6O11S2. The average Bonchev–Trinajstić information content (AvgIpc) is 3.37. The molecule has 0 saturated carbocycles. The van der Waals surface area contributed by atoms with Crippen LogP contribution in [0.2, 0.25) is 0 Å². The highest BCUT2D eigenvalue weighted by atomic mass is 32.2. The number of carboxylic acid groups (broad SMARTS) is 2. The number of nitrogen functional groups attached to an aromatic ring is 1. The number of carboxylic acids is 2. The third kappa shape index (κ3) is 6.11. The molecule has 1 fully saturated rings. The second-order valence-corrected chi connectivity index (χ2v) is 11.6. The molecule has 0 spiro atoms. The van der Waals surface area contributed by atoms with E-state index in [4.69, 9.17) is 10.6 Å². The van der Waals surface area contributed by atoms with Crippen LogP contribution in [0.1, 0.15) is 29.9 Å². The molecule has 1 aromatic heterocycles. The molecule has 9 N–H and O–H groups in total. The molecule has 4 rings (SSSR count). The number of nitrogens with two attached hydrogens (primary N) is 1. The van der Waals surface area contributed by atoms with Crippen LogP contribution in [0.25, 0.3) is 0 Å².